The predicted octanol–water partition coefficient (Wildman–Crippen LogP) is 3.85. The summed E-state index contributed by atoms with van der Waals surface area (Å²) in [6.45, 7) is 1.83. The van der Waals surface area contributed by atoms with Crippen LogP contribution >= 0.6 is 0 Å². The summed E-state index contributed by atoms with van der Waals surface area (Å²) < 4.78 is 5.33. The number of methoxy groups -OCH3 is 1. The normalized spacial score (nSPS) is 11.7. The highest BCUT2D eigenvalue weighted by Gasteiger charge is 2.15. The lowest BCUT2D eigenvalue weighted by molar-refractivity contribution is -0.384. The van der Waals surface area contributed by atoms with Crippen LogP contribution in [0.1, 0.15) is 24.8 Å². The third kappa shape index (κ3) is 3.85. The second-order valence-electron chi connectivity index (χ2n) is 5.27. The Morgan fingerprint density at radius 3 is 2.65 bits per heavy atom. The number of benzene rings is 2. The van der Waals surface area contributed by atoms with Gasteiger partial charge in [-0.05, 0) is 29.2 Å². The van der Waals surface area contributed by atoms with Crippen molar-refractivity contribution in [3.63, 3.8) is 0 Å². The van der Waals surface area contributed by atoms with Gasteiger partial charge in [-0.25, -0.2) is 0 Å². The number of aliphatic carboxylic acids is 1. The molecule has 6 heteroatoms. The summed E-state index contributed by atoms with van der Waals surface area (Å²) in [4.78, 5) is 21.4. The van der Waals surface area contributed by atoms with Crippen molar-refractivity contribution in [1.29, 1.82) is 0 Å². The van der Waals surface area contributed by atoms with Crippen LogP contribution in [-0.4, -0.2) is 23.1 Å². The summed E-state index contributed by atoms with van der Waals surface area (Å²) in [6.07, 6.45) is 0.0146. The second-order valence-corrected chi connectivity index (χ2v) is 5.27. The number of ether oxygens (including phenoxy) is 1. The number of hydrogen-bond acceptors (Lipinski definition) is 4. The maximum absolute atomic E-state index is 10.9. The molecule has 1 unspecified atom stereocenters. The highest BCUT2D eigenvalue weighted by Crippen LogP contribution is 2.35. The van der Waals surface area contributed by atoms with E-state index in [-0.39, 0.29) is 18.0 Å². The number of carboxylic acid groups (broad SMARTS) is 1. The Morgan fingerprint density at radius 2 is 2.04 bits per heavy atom. The second kappa shape index (κ2) is 6.91. The van der Waals surface area contributed by atoms with Crippen molar-refractivity contribution < 1.29 is 19.6 Å². The van der Waals surface area contributed by atoms with Crippen LogP contribution in [0.5, 0.6) is 5.75 Å². The maximum Gasteiger partial charge on any atom is 0.303 e. The number of nitro groups is 1. The third-order valence-electron chi connectivity index (χ3n) is 3.64. The zero-order valence-electron chi connectivity index (χ0n) is 12.9. The van der Waals surface area contributed by atoms with E-state index < -0.39 is 10.9 Å². The third-order valence-corrected chi connectivity index (χ3v) is 3.64. The van der Waals surface area contributed by atoms with Gasteiger partial charge in [-0.1, -0.05) is 25.1 Å². The smallest absolute Gasteiger partial charge is 0.303 e. The van der Waals surface area contributed by atoms with Crippen LogP contribution < -0.4 is 4.74 Å². The molecule has 23 heavy (non-hydrogen) atoms. The minimum atomic E-state index is -0.870. The van der Waals surface area contributed by atoms with Crippen molar-refractivity contribution in [3.8, 4) is 16.9 Å². The van der Waals surface area contributed by atoms with E-state index >= 15 is 0 Å². The van der Waals surface area contributed by atoms with Gasteiger partial charge in [0.25, 0.3) is 5.69 Å². The molecule has 0 bridgehead atoms. The van der Waals surface area contributed by atoms with E-state index in [9.17, 15) is 14.9 Å². The minimum absolute atomic E-state index is 0.00598. The van der Waals surface area contributed by atoms with Crippen LogP contribution in [0.2, 0.25) is 0 Å². The number of nitrogens with zero attached hydrogens (tertiary/aromatic N) is 1. The molecule has 0 spiro atoms. The number of carbonyl (C=O) groups is 1. The first kappa shape index (κ1) is 16.5. The van der Waals surface area contributed by atoms with E-state index in [1.807, 2.05) is 19.1 Å². The molecule has 0 aliphatic rings. The maximum atomic E-state index is 10.9. The van der Waals surface area contributed by atoms with E-state index in [2.05, 4.69) is 0 Å². The van der Waals surface area contributed by atoms with E-state index in [0.29, 0.717) is 16.9 Å². The molecule has 2 aromatic carbocycles. The molecule has 1 N–H and O–H groups in total. The lowest BCUT2D eigenvalue weighted by atomic mass is 9.93. The Kier molecular flexibility index (Phi) is 4.95. The monoisotopic (exact) mass is 315 g/mol. The molecule has 0 aliphatic carbocycles. The molecule has 0 aromatic heterocycles. The van der Waals surface area contributed by atoms with Crippen LogP contribution in [0, 0.1) is 10.1 Å². The van der Waals surface area contributed by atoms with Gasteiger partial charge in [-0.2, -0.15) is 0 Å². The van der Waals surface area contributed by atoms with Crippen molar-refractivity contribution in [2.24, 2.45) is 0 Å². The zero-order valence-corrected chi connectivity index (χ0v) is 12.9. The fourth-order valence-electron chi connectivity index (χ4n) is 2.42. The largest absolute Gasteiger partial charge is 0.496 e. The summed E-state index contributed by atoms with van der Waals surface area (Å²) in [6, 6.07) is 11.7. The van der Waals surface area contributed by atoms with Crippen LogP contribution in [0.4, 0.5) is 5.69 Å². The highest BCUT2D eigenvalue weighted by molar-refractivity contribution is 5.74. The number of rotatable bonds is 6. The molecule has 0 heterocycles. The van der Waals surface area contributed by atoms with Crippen LogP contribution in [0.25, 0.3) is 11.1 Å². The molecule has 0 amide bonds. The molecule has 0 fully saturated rings. The molecule has 1 atom stereocenters. The number of hydrogen-bond donors (Lipinski definition) is 1. The Balaban J connectivity index is 2.49. The van der Waals surface area contributed by atoms with Crippen molar-refractivity contribution in [1.82, 2.24) is 0 Å². The van der Waals surface area contributed by atoms with Crippen LogP contribution in [0.15, 0.2) is 42.5 Å². The minimum Gasteiger partial charge on any atom is -0.496 e. The summed E-state index contributed by atoms with van der Waals surface area (Å²) in [7, 11) is 1.52. The van der Waals surface area contributed by atoms with Gasteiger partial charge in [0.05, 0.1) is 18.5 Å². The van der Waals surface area contributed by atoms with Gasteiger partial charge in [-0.15, -0.1) is 0 Å². The predicted molar refractivity (Wildman–Crippen MR) is 85.8 cm³/mol. The van der Waals surface area contributed by atoms with Crippen molar-refractivity contribution in [2.75, 3.05) is 7.11 Å². The van der Waals surface area contributed by atoms with Gasteiger partial charge >= 0.3 is 5.97 Å². The fraction of sp³-hybridized carbons (Fsp3) is 0.235. The zero-order chi connectivity index (χ0) is 17.0. The Bertz CT molecular complexity index is 742. The topological polar surface area (TPSA) is 89.7 Å². The summed E-state index contributed by atoms with van der Waals surface area (Å²) >= 11 is 0. The van der Waals surface area contributed by atoms with Gasteiger partial charge in [-0.3, -0.25) is 14.9 Å². The molecular weight excluding hydrogens is 298 g/mol. The van der Waals surface area contributed by atoms with Gasteiger partial charge in [0, 0.05) is 17.7 Å². The van der Waals surface area contributed by atoms with Gasteiger partial charge < -0.3 is 9.84 Å². The fourth-order valence-corrected chi connectivity index (χ4v) is 2.42. The van der Waals surface area contributed by atoms with Crippen molar-refractivity contribution >= 4 is 11.7 Å². The van der Waals surface area contributed by atoms with E-state index in [1.54, 1.807) is 18.2 Å². The molecule has 0 saturated carbocycles. The average molecular weight is 315 g/mol. The lowest BCUT2D eigenvalue weighted by Crippen LogP contribution is -2.03. The molecule has 120 valence electrons. The Hall–Kier alpha value is -2.89. The SMILES string of the molecule is COc1ccc(C(C)CC(=O)O)cc1-c1cccc([N+](=O)[O-])c1. The summed E-state index contributed by atoms with van der Waals surface area (Å²) in [5.41, 5.74) is 2.19. The summed E-state index contributed by atoms with van der Waals surface area (Å²) in [5.74, 6) is -0.460. The van der Waals surface area contributed by atoms with Crippen LogP contribution in [0.3, 0.4) is 0 Å². The Morgan fingerprint density at radius 1 is 1.30 bits per heavy atom. The van der Waals surface area contributed by atoms with E-state index in [1.165, 1.54) is 19.2 Å². The molecule has 0 saturated heterocycles. The van der Waals surface area contributed by atoms with E-state index in [4.69, 9.17) is 9.84 Å². The first-order valence-corrected chi connectivity index (χ1v) is 7.07. The average Bonchev–Trinajstić information content (AvgIpc) is 2.53. The highest BCUT2D eigenvalue weighted by atomic mass is 16.6. The molecule has 2 aromatic rings. The molecule has 2 rings (SSSR count). The molecular formula is C17H17NO5. The van der Waals surface area contributed by atoms with Crippen molar-refractivity contribution in [2.45, 2.75) is 19.3 Å². The van der Waals surface area contributed by atoms with Crippen molar-refractivity contribution in [3.05, 3.63) is 58.1 Å². The van der Waals surface area contributed by atoms with Gasteiger partial charge in [0.15, 0.2) is 0 Å². The first-order valence-electron chi connectivity index (χ1n) is 7.07. The summed E-state index contributed by atoms with van der Waals surface area (Å²) in [5, 5.41) is 19.9. The van der Waals surface area contributed by atoms with E-state index in [0.717, 1.165) is 5.56 Å². The number of non-ortho nitro benzene ring substituents is 1. The first-order chi connectivity index (χ1) is 10.9. The number of carboxylic acids is 1. The lowest BCUT2D eigenvalue weighted by Gasteiger charge is -2.14. The quantitative estimate of drug-likeness (QED) is 0.646. The van der Waals surface area contributed by atoms with Gasteiger partial charge in [0.1, 0.15) is 5.75 Å². The molecule has 0 radical (unpaired) electrons. The van der Waals surface area contributed by atoms with Gasteiger partial charge in [0.2, 0.25) is 0 Å². The van der Waals surface area contributed by atoms with Crippen LogP contribution in [-0.2, 0) is 4.79 Å². The molecule has 0 aliphatic heterocycles. The number of nitro benzene ring substituents is 1. The Labute approximate surface area is 133 Å². The molecule has 6 nitrogen and oxygen atoms in total. The standard InChI is InChI=1S/C17H17NO5/c1-11(8-17(19)20)12-6-7-16(23-2)15(10-12)13-4-3-5-14(9-13)18(21)22/h3-7,9-11H,8H2,1-2H3,(H,19,20).